The van der Waals surface area contributed by atoms with Gasteiger partial charge in [-0.1, -0.05) is 35.0 Å². The average molecular weight is 353 g/mol. The fourth-order valence-corrected chi connectivity index (χ4v) is 3.12. The van der Waals surface area contributed by atoms with E-state index in [1.165, 1.54) is 12.8 Å². The van der Waals surface area contributed by atoms with Crippen LogP contribution in [0.25, 0.3) is 0 Å². The van der Waals surface area contributed by atoms with Crippen molar-refractivity contribution in [3.8, 4) is 0 Å². The summed E-state index contributed by atoms with van der Waals surface area (Å²) in [6.07, 6.45) is 3.91. The molecule has 1 N–H and O–H groups in total. The quantitative estimate of drug-likeness (QED) is 0.852. The maximum atomic E-state index is 12.6. The second-order valence-corrected chi connectivity index (χ2v) is 6.75. The number of piperidine rings is 1. The lowest BCUT2D eigenvalue weighted by Crippen LogP contribution is -2.40. The highest BCUT2D eigenvalue weighted by molar-refractivity contribution is 9.10. The van der Waals surface area contributed by atoms with Crippen molar-refractivity contribution in [2.24, 2.45) is 5.92 Å². The van der Waals surface area contributed by atoms with Crippen LogP contribution in [0.5, 0.6) is 0 Å². The molecule has 0 saturated carbocycles. The Balaban J connectivity index is 1.92. The largest absolute Gasteiger partial charge is 0.342 e. The lowest BCUT2D eigenvalue weighted by Gasteiger charge is -2.30. The summed E-state index contributed by atoms with van der Waals surface area (Å²) >= 11 is 3.43. The molecular weight excluding hydrogens is 328 g/mol. The Hall–Kier alpha value is -0.870. The van der Waals surface area contributed by atoms with Crippen molar-refractivity contribution < 1.29 is 4.79 Å². The Labute approximate surface area is 136 Å². The van der Waals surface area contributed by atoms with Gasteiger partial charge in [0, 0.05) is 17.6 Å². The van der Waals surface area contributed by atoms with Crippen molar-refractivity contribution >= 4 is 21.8 Å². The van der Waals surface area contributed by atoms with Gasteiger partial charge in [0.1, 0.15) is 0 Å². The first-order chi connectivity index (χ1) is 10.2. The average Bonchev–Trinajstić information content (AvgIpc) is 2.50. The molecule has 1 heterocycles. The summed E-state index contributed by atoms with van der Waals surface area (Å²) in [5, 5.41) is 3.39. The fourth-order valence-electron chi connectivity index (χ4n) is 2.85. The van der Waals surface area contributed by atoms with Crippen molar-refractivity contribution in [2.75, 3.05) is 26.2 Å². The monoisotopic (exact) mass is 352 g/mol. The normalized spacial score (nSPS) is 15.9. The van der Waals surface area contributed by atoms with Gasteiger partial charge in [0.05, 0.1) is 6.42 Å². The molecule has 1 aliphatic rings. The second-order valence-electron chi connectivity index (χ2n) is 5.84. The van der Waals surface area contributed by atoms with E-state index in [-0.39, 0.29) is 5.91 Å². The van der Waals surface area contributed by atoms with Crippen LogP contribution in [0.4, 0.5) is 0 Å². The van der Waals surface area contributed by atoms with Gasteiger partial charge in [-0.2, -0.15) is 0 Å². The van der Waals surface area contributed by atoms with E-state index in [1.54, 1.807) is 0 Å². The first-order valence-electron chi connectivity index (χ1n) is 7.92. The number of nitrogens with one attached hydrogen (secondary N) is 1. The molecule has 0 aliphatic carbocycles. The molecule has 116 valence electrons. The van der Waals surface area contributed by atoms with Crippen molar-refractivity contribution in [1.29, 1.82) is 0 Å². The summed E-state index contributed by atoms with van der Waals surface area (Å²) in [6.45, 7) is 6.11. The number of hydrogen-bond donors (Lipinski definition) is 1. The highest BCUT2D eigenvalue weighted by Gasteiger charge is 2.20. The standard InChI is InChI=1S/C17H25BrN2O/c1-2-11-20(13-15-7-9-19-10-8-15)17(21)12-14-3-5-16(18)6-4-14/h3-6,15,19H,2,7-13H2,1H3. The first-order valence-corrected chi connectivity index (χ1v) is 8.71. The zero-order valence-corrected chi connectivity index (χ0v) is 14.4. The third-order valence-corrected chi connectivity index (χ3v) is 4.58. The molecule has 0 spiro atoms. The molecule has 1 aromatic carbocycles. The molecule has 3 nitrogen and oxygen atoms in total. The summed E-state index contributed by atoms with van der Waals surface area (Å²) < 4.78 is 1.05. The van der Waals surface area contributed by atoms with E-state index in [2.05, 4.69) is 33.1 Å². The smallest absolute Gasteiger partial charge is 0.226 e. The molecule has 1 fully saturated rings. The van der Waals surface area contributed by atoms with Crippen LogP contribution in [0, 0.1) is 5.92 Å². The number of rotatable bonds is 6. The van der Waals surface area contributed by atoms with Crippen LogP contribution in [0.2, 0.25) is 0 Å². The summed E-state index contributed by atoms with van der Waals surface area (Å²) in [7, 11) is 0. The van der Waals surface area contributed by atoms with Crippen molar-refractivity contribution in [3.05, 3.63) is 34.3 Å². The third kappa shape index (κ3) is 5.44. The second kappa shape index (κ2) is 8.54. The van der Waals surface area contributed by atoms with Gasteiger partial charge in [-0.3, -0.25) is 4.79 Å². The number of benzene rings is 1. The molecule has 1 amide bonds. The fraction of sp³-hybridized carbons (Fsp3) is 0.588. The van der Waals surface area contributed by atoms with E-state index >= 15 is 0 Å². The Morgan fingerprint density at radius 3 is 2.57 bits per heavy atom. The van der Waals surface area contributed by atoms with Gasteiger partial charge in [-0.25, -0.2) is 0 Å². The minimum Gasteiger partial charge on any atom is -0.342 e. The molecule has 4 heteroatoms. The minimum absolute atomic E-state index is 0.262. The predicted octanol–water partition coefficient (Wildman–Crippen LogP) is 3.23. The van der Waals surface area contributed by atoms with Crippen molar-refractivity contribution in [2.45, 2.75) is 32.6 Å². The number of amides is 1. The maximum absolute atomic E-state index is 12.6. The number of halogens is 1. The van der Waals surface area contributed by atoms with E-state index in [1.807, 2.05) is 24.3 Å². The van der Waals surface area contributed by atoms with Crippen LogP contribution in [-0.2, 0) is 11.2 Å². The van der Waals surface area contributed by atoms with Crippen LogP contribution >= 0.6 is 15.9 Å². The summed E-state index contributed by atoms with van der Waals surface area (Å²) in [4.78, 5) is 14.6. The van der Waals surface area contributed by atoms with Gasteiger partial charge >= 0.3 is 0 Å². The predicted molar refractivity (Wildman–Crippen MR) is 90.3 cm³/mol. The van der Waals surface area contributed by atoms with E-state index in [0.717, 1.165) is 42.6 Å². The van der Waals surface area contributed by atoms with Gasteiger partial charge in [0.15, 0.2) is 0 Å². The number of hydrogen-bond acceptors (Lipinski definition) is 2. The number of nitrogens with zero attached hydrogens (tertiary/aromatic N) is 1. The van der Waals surface area contributed by atoms with Crippen LogP contribution in [0.1, 0.15) is 31.7 Å². The van der Waals surface area contributed by atoms with Gasteiger partial charge in [-0.15, -0.1) is 0 Å². The molecule has 2 rings (SSSR count). The molecule has 21 heavy (non-hydrogen) atoms. The van der Waals surface area contributed by atoms with E-state index in [4.69, 9.17) is 0 Å². The zero-order chi connectivity index (χ0) is 15.1. The molecule has 0 aromatic heterocycles. The molecule has 1 saturated heterocycles. The van der Waals surface area contributed by atoms with E-state index in [0.29, 0.717) is 12.3 Å². The summed E-state index contributed by atoms with van der Waals surface area (Å²) in [6, 6.07) is 8.05. The number of carbonyl (C=O) groups excluding carboxylic acids is 1. The van der Waals surface area contributed by atoms with Gasteiger partial charge in [0.2, 0.25) is 5.91 Å². The highest BCUT2D eigenvalue weighted by atomic mass is 79.9. The summed E-state index contributed by atoms with van der Waals surface area (Å²) in [5.41, 5.74) is 1.09. The SMILES string of the molecule is CCCN(CC1CCNCC1)C(=O)Cc1ccc(Br)cc1. The number of carbonyl (C=O) groups is 1. The topological polar surface area (TPSA) is 32.3 Å². The van der Waals surface area contributed by atoms with Gasteiger partial charge in [-0.05, 0) is 56.0 Å². The molecular formula is C17H25BrN2O. The highest BCUT2D eigenvalue weighted by Crippen LogP contribution is 2.16. The third-order valence-electron chi connectivity index (χ3n) is 4.05. The Morgan fingerprint density at radius 1 is 1.29 bits per heavy atom. The molecule has 0 atom stereocenters. The molecule has 0 radical (unpaired) electrons. The van der Waals surface area contributed by atoms with E-state index < -0.39 is 0 Å². The Kier molecular flexibility index (Phi) is 6.71. The van der Waals surface area contributed by atoms with Crippen LogP contribution in [0.3, 0.4) is 0 Å². The molecule has 0 unspecified atom stereocenters. The van der Waals surface area contributed by atoms with Crippen LogP contribution < -0.4 is 5.32 Å². The van der Waals surface area contributed by atoms with Crippen LogP contribution in [-0.4, -0.2) is 37.0 Å². The van der Waals surface area contributed by atoms with E-state index in [9.17, 15) is 4.79 Å². The Bertz CT molecular complexity index is 441. The zero-order valence-electron chi connectivity index (χ0n) is 12.8. The minimum atomic E-state index is 0.262. The lowest BCUT2D eigenvalue weighted by molar-refractivity contribution is -0.131. The van der Waals surface area contributed by atoms with Gasteiger partial charge < -0.3 is 10.2 Å². The van der Waals surface area contributed by atoms with Crippen molar-refractivity contribution in [3.63, 3.8) is 0 Å². The first kappa shape index (κ1) is 16.5. The Morgan fingerprint density at radius 2 is 1.95 bits per heavy atom. The maximum Gasteiger partial charge on any atom is 0.226 e. The van der Waals surface area contributed by atoms with Crippen molar-refractivity contribution in [1.82, 2.24) is 10.2 Å². The molecule has 1 aliphatic heterocycles. The summed E-state index contributed by atoms with van der Waals surface area (Å²) in [5.74, 6) is 0.921. The molecule has 1 aromatic rings. The lowest BCUT2D eigenvalue weighted by atomic mass is 9.97. The molecule has 0 bridgehead atoms. The van der Waals surface area contributed by atoms with Crippen LogP contribution in [0.15, 0.2) is 28.7 Å². The van der Waals surface area contributed by atoms with Gasteiger partial charge in [0.25, 0.3) is 0 Å².